The molecule has 1 N–H and O–H groups in total. The number of methoxy groups -OCH3 is 1. The van der Waals surface area contributed by atoms with Crippen LogP contribution in [0.1, 0.15) is 11.5 Å². The summed E-state index contributed by atoms with van der Waals surface area (Å²) < 4.78 is 4.99. The Hall–Kier alpha value is -2.54. The van der Waals surface area contributed by atoms with Crippen molar-refractivity contribution >= 4 is 29.0 Å². The summed E-state index contributed by atoms with van der Waals surface area (Å²) in [4.78, 5) is 24.3. The Bertz CT molecular complexity index is 778. The van der Waals surface area contributed by atoms with Gasteiger partial charge in [-0.05, 0) is 23.8 Å². The molecule has 1 heterocycles. The Morgan fingerprint density at radius 3 is 2.87 bits per heavy atom. The van der Waals surface area contributed by atoms with E-state index < -0.39 is 4.92 Å². The molecule has 6 nitrogen and oxygen atoms in total. The average Bonchev–Trinajstić information content (AvgIpc) is 2.99. The SMILES string of the molecule is COc1ccc(NC(=O)[C@H]2CSc3ccccc32)c([N+](=O)[O-])c1. The number of nitro groups is 1. The summed E-state index contributed by atoms with van der Waals surface area (Å²) in [6, 6.07) is 12.1. The molecule has 1 aliphatic heterocycles. The van der Waals surface area contributed by atoms with Crippen molar-refractivity contribution in [3.05, 3.63) is 58.1 Å². The first-order chi connectivity index (χ1) is 11.1. The first-order valence-corrected chi connectivity index (χ1v) is 7.93. The molecule has 0 aromatic heterocycles. The molecule has 2 aromatic carbocycles. The van der Waals surface area contributed by atoms with Gasteiger partial charge in [0.2, 0.25) is 5.91 Å². The average molecular weight is 330 g/mol. The molecule has 2 aromatic rings. The first-order valence-electron chi connectivity index (χ1n) is 6.95. The van der Waals surface area contributed by atoms with Crippen molar-refractivity contribution in [2.24, 2.45) is 0 Å². The second kappa shape index (κ2) is 6.29. The number of carbonyl (C=O) groups excluding carboxylic acids is 1. The van der Waals surface area contributed by atoms with Crippen LogP contribution in [0.15, 0.2) is 47.4 Å². The highest BCUT2D eigenvalue weighted by atomic mass is 32.2. The molecular formula is C16H14N2O4S. The van der Waals surface area contributed by atoms with Crippen molar-refractivity contribution in [2.75, 3.05) is 18.2 Å². The van der Waals surface area contributed by atoms with Crippen molar-refractivity contribution in [3.8, 4) is 5.75 Å². The number of carbonyl (C=O) groups is 1. The Balaban J connectivity index is 1.85. The van der Waals surface area contributed by atoms with Crippen molar-refractivity contribution in [1.82, 2.24) is 0 Å². The van der Waals surface area contributed by atoms with Gasteiger partial charge in [-0.2, -0.15) is 0 Å². The lowest BCUT2D eigenvalue weighted by atomic mass is 10.0. The van der Waals surface area contributed by atoms with Crippen LogP contribution in [0.3, 0.4) is 0 Å². The van der Waals surface area contributed by atoms with Crippen molar-refractivity contribution in [3.63, 3.8) is 0 Å². The second-order valence-electron chi connectivity index (χ2n) is 5.03. The monoisotopic (exact) mass is 330 g/mol. The molecule has 0 bridgehead atoms. The first kappa shape index (κ1) is 15.4. The molecule has 1 atom stereocenters. The Kier molecular flexibility index (Phi) is 4.20. The molecule has 0 spiro atoms. The largest absolute Gasteiger partial charge is 0.496 e. The number of hydrogen-bond acceptors (Lipinski definition) is 5. The zero-order chi connectivity index (χ0) is 16.4. The summed E-state index contributed by atoms with van der Waals surface area (Å²) in [5.74, 6) is 0.458. The van der Waals surface area contributed by atoms with Crippen LogP contribution >= 0.6 is 11.8 Å². The van der Waals surface area contributed by atoms with Gasteiger partial charge in [-0.1, -0.05) is 18.2 Å². The van der Waals surface area contributed by atoms with Gasteiger partial charge >= 0.3 is 0 Å². The van der Waals surface area contributed by atoms with Gasteiger partial charge in [0.25, 0.3) is 5.69 Å². The molecule has 3 rings (SSSR count). The van der Waals surface area contributed by atoms with Gasteiger partial charge in [0.1, 0.15) is 11.4 Å². The fraction of sp³-hybridized carbons (Fsp3) is 0.188. The zero-order valence-corrected chi connectivity index (χ0v) is 13.1. The number of nitrogens with zero attached hydrogens (tertiary/aromatic N) is 1. The zero-order valence-electron chi connectivity index (χ0n) is 12.3. The van der Waals surface area contributed by atoms with E-state index in [4.69, 9.17) is 4.74 Å². The lowest BCUT2D eigenvalue weighted by molar-refractivity contribution is -0.384. The molecule has 0 unspecified atom stereocenters. The summed E-state index contributed by atoms with van der Waals surface area (Å²) in [5, 5.41) is 13.9. The molecule has 1 amide bonds. The van der Waals surface area contributed by atoms with E-state index in [1.54, 1.807) is 17.8 Å². The highest BCUT2D eigenvalue weighted by Crippen LogP contribution is 2.40. The van der Waals surface area contributed by atoms with Crippen LogP contribution in [0.5, 0.6) is 5.75 Å². The quantitative estimate of drug-likeness (QED) is 0.686. The number of nitrogens with one attached hydrogen (secondary N) is 1. The third kappa shape index (κ3) is 3.00. The van der Waals surface area contributed by atoms with Crippen LogP contribution < -0.4 is 10.1 Å². The maximum Gasteiger partial charge on any atom is 0.296 e. The number of anilines is 1. The summed E-state index contributed by atoms with van der Waals surface area (Å²) in [6.45, 7) is 0. The highest BCUT2D eigenvalue weighted by Gasteiger charge is 2.30. The van der Waals surface area contributed by atoms with Gasteiger partial charge in [0.15, 0.2) is 0 Å². The van der Waals surface area contributed by atoms with E-state index in [9.17, 15) is 14.9 Å². The van der Waals surface area contributed by atoms with Gasteiger partial charge in [-0.3, -0.25) is 14.9 Å². The standard InChI is InChI=1S/C16H14N2O4S/c1-22-10-6-7-13(14(8-10)18(20)21)17-16(19)12-9-23-15-5-3-2-4-11(12)15/h2-8,12H,9H2,1H3,(H,17,19)/t12-/m0/s1. The van der Waals surface area contributed by atoms with Gasteiger partial charge in [0.05, 0.1) is 24.0 Å². The van der Waals surface area contributed by atoms with Crippen LogP contribution in [-0.4, -0.2) is 23.7 Å². The van der Waals surface area contributed by atoms with Crippen LogP contribution in [0.25, 0.3) is 0 Å². The summed E-state index contributed by atoms with van der Waals surface area (Å²) in [7, 11) is 1.43. The Morgan fingerprint density at radius 1 is 1.35 bits per heavy atom. The topological polar surface area (TPSA) is 81.5 Å². The fourth-order valence-electron chi connectivity index (χ4n) is 2.49. The number of ether oxygens (including phenoxy) is 1. The fourth-order valence-corrected chi connectivity index (χ4v) is 3.72. The van der Waals surface area contributed by atoms with Gasteiger partial charge < -0.3 is 10.1 Å². The van der Waals surface area contributed by atoms with E-state index in [0.717, 1.165) is 10.5 Å². The van der Waals surface area contributed by atoms with Crippen LogP contribution in [0, 0.1) is 10.1 Å². The van der Waals surface area contributed by atoms with E-state index in [1.807, 2.05) is 24.3 Å². The summed E-state index contributed by atoms with van der Waals surface area (Å²) >= 11 is 1.62. The number of rotatable bonds is 4. The molecule has 1 aliphatic rings. The van der Waals surface area contributed by atoms with Crippen molar-refractivity contribution in [2.45, 2.75) is 10.8 Å². The van der Waals surface area contributed by atoms with E-state index in [-0.39, 0.29) is 23.2 Å². The second-order valence-corrected chi connectivity index (χ2v) is 6.09. The van der Waals surface area contributed by atoms with E-state index >= 15 is 0 Å². The van der Waals surface area contributed by atoms with Gasteiger partial charge in [-0.25, -0.2) is 0 Å². The molecule has 7 heteroatoms. The van der Waals surface area contributed by atoms with E-state index in [2.05, 4.69) is 5.32 Å². The number of amides is 1. The van der Waals surface area contributed by atoms with Crippen molar-refractivity contribution in [1.29, 1.82) is 0 Å². The lowest BCUT2D eigenvalue weighted by Gasteiger charge is -2.12. The molecule has 0 saturated carbocycles. The predicted octanol–water partition coefficient (Wildman–Crippen LogP) is 3.43. The molecule has 0 radical (unpaired) electrons. The smallest absolute Gasteiger partial charge is 0.296 e. The van der Waals surface area contributed by atoms with Crippen LogP contribution in [0.4, 0.5) is 11.4 Å². The number of thioether (sulfide) groups is 1. The number of hydrogen-bond donors (Lipinski definition) is 1. The van der Waals surface area contributed by atoms with Crippen LogP contribution in [-0.2, 0) is 4.79 Å². The maximum atomic E-state index is 12.5. The molecular weight excluding hydrogens is 316 g/mol. The van der Waals surface area contributed by atoms with Gasteiger partial charge in [-0.15, -0.1) is 11.8 Å². The third-order valence-electron chi connectivity index (χ3n) is 3.68. The van der Waals surface area contributed by atoms with Crippen molar-refractivity contribution < 1.29 is 14.5 Å². The predicted molar refractivity (Wildman–Crippen MR) is 88.2 cm³/mol. The van der Waals surface area contributed by atoms with Crippen LogP contribution in [0.2, 0.25) is 0 Å². The molecule has 0 fully saturated rings. The minimum absolute atomic E-state index is 0.176. The molecule has 23 heavy (non-hydrogen) atoms. The minimum atomic E-state index is -0.532. The minimum Gasteiger partial charge on any atom is -0.496 e. The Labute approximate surface area is 137 Å². The summed E-state index contributed by atoms with van der Waals surface area (Å²) in [5.41, 5.74) is 0.956. The molecule has 118 valence electrons. The maximum absolute atomic E-state index is 12.5. The molecule has 0 aliphatic carbocycles. The highest BCUT2D eigenvalue weighted by molar-refractivity contribution is 7.99. The Morgan fingerprint density at radius 2 is 2.13 bits per heavy atom. The van der Waals surface area contributed by atoms with E-state index in [0.29, 0.717) is 11.5 Å². The molecule has 0 saturated heterocycles. The number of benzene rings is 2. The number of fused-ring (bicyclic) bond motifs is 1. The van der Waals surface area contributed by atoms with Gasteiger partial charge in [0, 0.05) is 10.6 Å². The number of nitro benzene ring substituents is 1. The van der Waals surface area contributed by atoms with E-state index in [1.165, 1.54) is 19.2 Å². The lowest BCUT2D eigenvalue weighted by Crippen LogP contribution is -2.21. The third-order valence-corrected chi connectivity index (χ3v) is 4.86. The summed E-state index contributed by atoms with van der Waals surface area (Å²) in [6.07, 6.45) is 0. The normalized spacial score (nSPS) is 15.8.